The van der Waals surface area contributed by atoms with Crippen LogP contribution < -0.4 is 5.32 Å². The monoisotopic (exact) mass is 375 g/mol. The summed E-state index contributed by atoms with van der Waals surface area (Å²) in [5.74, 6) is 0. The molecule has 0 aromatic heterocycles. The van der Waals surface area contributed by atoms with Gasteiger partial charge in [-0.1, -0.05) is 60.7 Å². The molecular formula is C18H15F6NO. The van der Waals surface area contributed by atoms with Crippen LogP contribution in [-0.2, 0) is 15.8 Å². The Bertz CT molecular complexity index is 682. The summed E-state index contributed by atoms with van der Waals surface area (Å²) in [5, 5.41) is 1.92. The highest BCUT2D eigenvalue weighted by atomic mass is 19.4. The van der Waals surface area contributed by atoms with Crippen LogP contribution in [0.5, 0.6) is 0 Å². The second-order valence-corrected chi connectivity index (χ2v) is 6.16. The molecule has 26 heavy (non-hydrogen) atoms. The smallest absolute Gasteiger partial charge is 0.376 e. The molecular weight excluding hydrogens is 360 g/mol. The molecule has 1 aliphatic heterocycles. The highest BCUT2D eigenvalue weighted by Crippen LogP contribution is 2.49. The molecule has 0 amide bonds. The quantitative estimate of drug-likeness (QED) is 0.780. The lowest BCUT2D eigenvalue weighted by atomic mass is 9.80. The van der Waals surface area contributed by atoms with E-state index in [-0.39, 0.29) is 11.1 Å². The normalized spacial score (nSPS) is 27.3. The number of benzene rings is 2. The molecule has 2 aromatic carbocycles. The maximum Gasteiger partial charge on any atom is 0.413 e. The van der Waals surface area contributed by atoms with Crippen LogP contribution in [0.1, 0.15) is 11.1 Å². The van der Waals surface area contributed by atoms with Gasteiger partial charge < -0.3 is 4.74 Å². The van der Waals surface area contributed by atoms with Crippen LogP contribution in [-0.4, -0.2) is 25.6 Å². The van der Waals surface area contributed by atoms with Gasteiger partial charge in [0.1, 0.15) is 0 Å². The predicted octanol–water partition coefficient (Wildman–Crippen LogP) is 4.52. The summed E-state index contributed by atoms with van der Waals surface area (Å²) in [6.45, 7) is -1.91. The van der Waals surface area contributed by atoms with Crippen molar-refractivity contribution >= 4 is 0 Å². The van der Waals surface area contributed by atoms with Gasteiger partial charge in [0.15, 0.2) is 11.1 Å². The number of ether oxygens (including phenoxy) is 1. The Hall–Kier alpha value is -2.06. The van der Waals surface area contributed by atoms with Crippen molar-refractivity contribution in [2.75, 3.05) is 13.2 Å². The van der Waals surface area contributed by atoms with Gasteiger partial charge in [-0.15, -0.1) is 0 Å². The molecule has 0 spiro atoms. The number of nitrogens with one attached hydrogen (secondary N) is 1. The minimum atomic E-state index is -5.01. The molecule has 1 aliphatic rings. The molecule has 1 fully saturated rings. The molecule has 8 heteroatoms. The lowest BCUT2D eigenvalue weighted by molar-refractivity contribution is -0.290. The van der Waals surface area contributed by atoms with Gasteiger partial charge in [-0.2, -0.15) is 26.3 Å². The van der Waals surface area contributed by atoms with E-state index in [4.69, 9.17) is 4.74 Å². The fourth-order valence-corrected chi connectivity index (χ4v) is 3.18. The van der Waals surface area contributed by atoms with E-state index >= 15 is 0 Å². The molecule has 2 nitrogen and oxygen atoms in total. The Kier molecular flexibility index (Phi) is 4.52. The number of hydrogen-bond acceptors (Lipinski definition) is 2. The molecule has 2 atom stereocenters. The molecule has 140 valence electrons. The Morgan fingerprint density at radius 1 is 0.654 bits per heavy atom. The van der Waals surface area contributed by atoms with Crippen LogP contribution in [0.25, 0.3) is 0 Å². The summed E-state index contributed by atoms with van der Waals surface area (Å²) in [4.78, 5) is 0. The van der Waals surface area contributed by atoms with Crippen molar-refractivity contribution in [1.82, 2.24) is 5.32 Å². The second-order valence-electron chi connectivity index (χ2n) is 6.16. The van der Waals surface area contributed by atoms with E-state index in [1.54, 1.807) is 0 Å². The zero-order valence-corrected chi connectivity index (χ0v) is 13.4. The van der Waals surface area contributed by atoms with Crippen molar-refractivity contribution in [2.45, 2.75) is 23.4 Å². The van der Waals surface area contributed by atoms with Crippen molar-refractivity contribution in [3.63, 3.8) is 0 Å². The first-order valence-electron chi connectivity index (χ1n) is 7.74. The minimum Gasteiger partial charge on any atom is -0.376 e. The van der Waals surface area contributed by atoms with Gasteiger partial charge in [-0.25, -0.2) is 0 Å². The fourth-order valence-electron chi connectivity index (χ4n) is 3.18. The Morgan fingerprint density at radius 2 is 1.00 bits per heavy atom. The molecule has 2 aromatic rings. The van der Waals surface area contributed by atoms with Gasteiger partial charge >= 0.3 is 12.4 Å². The van der Waals surface area contributed by atoms with Crippen molar-refractivity contribution in [1.29, 1.82) is 0 Å². The molecule has 1 heterocycles. The second kappa shape index (κ2) is 6.28. The molecule has 0 bridgehead atoms. The third-order valence-corrected chi connectivity index (χ3v) is 4.56. The van der Waals surface area contributed by atoms with Crippen LogP contribution in [0.3, 0.4) is 0 Å². The topological polar surface area (TPSA) is 21.3 Å². The van der Waals surface area contributed by atoms with Crippen LogP contribution in [0.4, 0.5) is 26.3 Å². The lowest BCUT2D eigenvalue weighted by Crippen LogP contribution is -2.72. The first-order valence-corrected chi connectivity index (χ1v) is 7.74. The van der Waals surface area contributed by atoms with E-state index < -0.39 is 36.6 Å². The molecule has 0 aliphatic carbocycles. The highest BCUT2D eigenvalue weighted by Gasteiger charge is 2.68. The first-order chi connectivity index (χ1) is 12.1. The molecule has 1 saturated heterocycles. The summed E-state index contributed by atoms with van der Waals surface area (Å²) in [5.41, 5.74) is -6.65. The summed E-state index contributed by atoms with van der Waals surface area (Å²) < 4.78 is 89.1. The van der Waals surface area contributed by atoms with Crippen LogP contribution in [0, 0.1) is 0 Å². The third kappa shape index (κ3) is 2.87. The van der Waals surface area contributed by atoms with E-state index in [1.165, 1.54) is 36.4 Å². The first kappa shape index (κ1) is 18.7. The fraction of sp³-hybridized carbons (Fsp3) is 0.333. The minimum absolute atomic E-state index is 0.336. The average molecular weight is 375 g/mol. The van der Waals surface area contributed by atoms with Crippen LogP contribution in [0.2, 0.25) is 0 Å². The largest absolute Gasteiger partial charge is 0.413 e. The van der Waals surface area contributed by atoms with E-state index in [0.29, 0.717) is 0 Å². The molecule has 0 radical (unpaired) electrons. The third-order valence-electron chi connectivity index (χ3n) is 4.56. The molecule has 1 N–H and O–H groups in total. The maximum absolute atomic E-state index is 14.0. The zero-order chi connectivity index (χ0) is 19.1. The zero-order valence-electron chi connectivity index (χ0n) is 13.4. The number of alkyl halides is 6. The van der Waals surface area contributed by atoms with Gasteiger partial charge in [0.25, 0.3) is 0 Å². The summed E-state index contributed by atoms with van der Waals surface area (Å²) in [6.07, 6.45) is -10.0. The summed E-state index contributed by atoms with van der Waals surface area (Å²) >= 11 is 0. The van der Waals surface area contributed by atoms with Crippen molar-refractivity contribution < 1.29 is 31.1 Å². The number of rotatable bonds is 2. The van der Waals surface area contributed by atoms with Crippen LogP contribution in [0.15, 0.2) is 60.7 Å². The van der Waals surface area contributed by atoms with E-state index in [2.05, 4.69) is 0 Å². The van der Waals surface area contributed by atoms with Gasteiger partial charge in [0.2, 0.25) is 0 Å². The Morgan fingerprint density at radius 3 is 1.31 bits per heavy atom. The molecule has 0 unspecified atom stereocenters. The maximum atomic E-state index is 14.0. The summed E-state index contributed by atoms with van der Waals surface area (Å²) in [6, 6.07) is 12.9. The van der Waals surface area contributed by atoms with Gasteiger partial charge in [-0.3, -0.25) is 5.32 Å². The van der Waals surface area contributed by atoms with Crippen LogP contribution >= 0.6 is 0 Å². The number of halogens is 6. The standard InChI is InChI=1S/C18H15F6NO/c19-17(20,21)15(13-7-3-1-4-8-13)11-26-12-16(25-15,18(22,23)24)14-9-5-2-6-10-14/h1-10,25H,11-12H2/t15-,16-/m1/s1. The average Bonchev–Trinajstić information content (AvgIpc) is 2.61. The number of hydrogen-bond donors (Lipinski definition) is 1. The summed E-state index contributed by atoms with van der Waals surface area (Å²) in [7, 11) is 0. The van der Waals surface area contributed by atoms with Crippen molar-refractivity contribution in [3.8, 4) is 0 Å². The molecule has 3 rings (SSSR count). The van der Waals surface area contributed by atoms with E-state index in [0.717, 1.165) is 24.3 Å². The Labute approximate surface area is 145 Å². The van der Waals surface area contributed by atoms with Crippen molar-refractivity contribution in [3.05, 3.63) is 71.8 Å². The molecule has 0 saturated carbocycles. The lowest BCUT2D eigenvalue weighted by Gasteiger charge is -2.50. The highest BCUT2D eigenvalue weighted by molar-refractivity contribution is 5.34. The van der Waals surface area contributed by atoms with E-state index in [1.807, 2.05) is 5.32 Å². The number of morpholine rings is 1. The van der Waals surface area contributed by atoms with Gasteiger partial charge in [0, 0.05) is 0 Å². The van der Waals surface area contributed by atoms with Gasteiger partial charge in [-0.05, 0) is 11.1 Å². The van der Waals surface area contributed by atoms with Crippen molar-refractivity contribution in [2.24, 2.45) is 0 Å². The van der Waals surface area contributed by atoms with Gasteiger partial charge in [0.05, 0.1) is 13.2 Å². The van der Waals surface area contributed by atoms with E-state index in [9.17, 15) is 26.3 Å². The Balaban J connectivity index is 2.21. The SMILES string of the molecule is FC(F)(F)[C@]1(c2ccccc2)COC[C@@](c2ccccc2)(C(F)(F)F)N1. The predicted molar refractivity (Wildman–Crippen MR) is 82.3 cm³/mol.